The number of benzene rings is 1. The molecule has 82 valence electrons. The highest BCUT2D eigenvalue weighted by atomic mass is 16.5. The standard InChI is InChI=1S/C11H9NO4/c1-2-8(13)16-7-5-3-4-6-9(7)11(15)12-10(6)14/h3-5H,2H2,1H3,(H,12,14,15). The zero-order valence-corrected chi connectivity index (χ0v) is 8.57. The summed E-state index contributed by atoms with van der Waals surface area (Å²) in [6, 6.07) is 4.57. The van der Waals surface area contributed by atoms with Gasteiger partial charge in [-0.2, -0.15) is 0 Å². The second kappa shape index (κ2) is 3.77. The number of rotatable bonds is 2. The highest BCUT2D eigenvalue weighted by Crippen LogP contribution is 2.26. The summed E-state index contributed by atoms with van der Waals surface area (Å²) in [6.07, 6.45) is 0.208. The van der Waals surface area contributed by atoms with Crippen LogP contribution in [0.1, 0.15) is 34.1 Å². The van der Waals surface area contributed by atoms with Crippen LogP contribution in [0.15, 0.2) is 18.2 Å². The van der Waals surface area contributed by atoms with Gasteiger partial charge in [0.1, 0.15) is 5.75 Å². The first-order valence-electron chi connectivity index (χ1n) is 4.83. The third-order valence-electron chi connectivity index (χ3n) is 2.24. The Kier molecular flexibility index (Phi) is 2.44. The number of hydrogen-bond donors (Lipinski definition) is 1. The number of fused-ring (bicyclic) bond motifs is 1. The quantitative estimate of drug-likeness (QED) is 0.455. The lowest BCUT2D eigenvalue weighted by atomic mass is 10.1. The molecule has 1 N–H and O–H groups in total. The summed E-state index contributed by atoms with van der Waals surface area (Å²) in [7, 11) is 0. The maximum absolute atomic E-state index is 11.4. The number of imide groups is 1. The number of amides is 2. The van der Waals surface area contributed by atoms with Crippen molar-refractivity contribution in [1.29, 1.82) is 0 Å². The van der Waals surface area contributed by atoms with E-state index in [0.717, 1.165) is 0 Å². The van der Waals surface area contributed by atoms with Gasteiger partial charge in [-0.25, -0.2) is 0 Å². The smallest absolute Gasteiger partial charge is 0.310 e. The Morgan fingerprint density at radius 3 is 2.75 bits per heavy atom. The van der Waals surface area contributed by atoms with Crippen LogP contribution in [0, 0.1) is 0 Å². The summed E-state index contributed by atoms with van der Waals surface area (Å²) in [6.45, 7) is 1.65. The van der Waals surface area contributed by atoms with Gasteiger partial charge in [-0.3, -0.25) is 19.7 Å². The van der Waals surface area contributed by atoms with Crippen molar-refractivity contribution in [1.82, 2.24) is 5.32 Å². The van der Waals surface area contributed by atoms with Gasteiger partial charge in [0.25, 0.3) is 11.8 Å². The van der Waals surface area contributed by atoms with Gasteiger partial charge in [-0.05, 0) is 12.1 Å². The number of ether oxygens (including phenoxy) is 1. The van der Waals surface area contributed by atoms with Gasteiger partial charge in [0.15, 0.2) is 0 Å². The fraction of sp³-hybridized carbons (Fsp3) is 0.182. The first-order chi connectivity index (χ1) is 7.63. The van der Waals surface area contributed by atoms with E-state index < -0.39 is 17.8 Å². The molecule has 0 aliphatic carbocycles. The van der Waals surface area contributed by atoms with Gasteiger partial charge in [0.2, 0.25) is 0 Å². The molecule has 5 nitrogen and oxygen atoms in total. The van der Waals surface area contributed by atoms with Crippen LogP contribution < -0.4 is 10.1 Å². The van der Waals surface area contributed by atoms with Crippen molar-refractivity contribution in [2.24, 2.45) is 0 Å². The molecule has 0 aromatic heterocycles. The van der Waals surface area contributed by atoms with Crippen molar-refractivity contribution in [2.75, 3.05) is 0 Å². The van der Waals surface area contributed by atoms with Crippen LogP contribution >= 0.6 is 0 Å². The second-order valence-electron chi connectivity index (χ2n) is 3.29. The Labute approximate surface area is 91.4 Å². The Hall–Kier alpha value is -2.17. The molecular weight excluding hydrogens is 210 g/mol. The lowest BCUT2D eigenvalue weighted by Gasteiger charge is -2.05. The van der Waals surface area contributed by atoms with E-state index in [-0.39, 0.29) is 23.3 Å². The number of nitrogens with one attached hydrogen (secondary N) is 1. The molecule has 0 saturated heterocycles. The first-order valence-corrected chi connectivity index (χ1v) is 4.83. The van der Waals surface area contributed by atoms with Gasteiger partial charge in [-0.15, -0.1) is 0 Å². The van der Waals surface area contributed by atoms with Crippen molar-refractivity contribution in [2.45, 2.75) is 13.3 Å². The van der Waals surface area contributed by atoms with Crippen LogP contribution in [0.2, 0.25) is 0 Å². The van der Waals surface area contributed by atoms with Gasteiger partial charge in [0.05, 0.1) is 11.1 Å². The van der Waals surface area contributed by atoms with E-state index in [1.165, 1.54) is 12.1 Å². The van der Waals surface area contributed by atoms with E-state index >= 15 is 0 Å². The van der Waals surface area contributed by atoms with E-state index in [2.05, 4.69) is 5.32 Å². The fourth-order valence-electron chi connectivity index (χ4n) is 1.47. The number of carbonyl (C=O) groups excluding carboxylic acids is 3. The second-order valence-corrected chi connectivity index (χ2v) is 3.29. The van der Waals surface area contributed by atoms with Crippen LogP contribution in [0.25, 0.3) is 0 Å². The lowest BCUT2D eigenvalue weighted by molar-refractivity contribution is -0.134. The topological polar surface area (TPSA) is 72.5 Å². The molecule has 1 aromatic carbocycles. The average Bonchev–Trinajstić information content (AvgIpc) is 2.56. The molecule has 0 fully saturated rings. The fourth-order valence-corrected chi connectivity index (χ4v) is 1.47. The Morgan fingerprint density at radius 2 is 2.06 bits per heavy atom. The summed E-state index contributed by atoms with van der Waals surface area (Å²) in [5.41, 5.74) is 0.376. The van der Waals surface area contributed by atoms with Crippen molar-refractivity contribution in [3.63, 3.8) is 0 Å². The van der Waals surface area contributed by atoms with Crippen molar-refractivity contribution in [3.05, 3.63) is 29.3 Å². The van der Waals surface area contributed by atoms with Crippen molar-refractivity contribution in [3.8, 4) is 5.75 Å². The molecule has 0 saturated carbocycles. The third kappa shape index (κ3) is 1.56. The van der Waals surface area contributed by atoms with E-state index in [4.69, 9.17) is 4.74 Å². The minimum Gasteiger partial charge on any atom is -0.426 e. The SMILES string of the molecule is CCC(=O)Oc1cccc2c1C(=O)NC2=O. The maximum Gasteiger partial charge on any atom is 0.310 e. The molecule has 1 aliphatic rings. The summed E-state index contributed by atoms with van der Waals surface area (Å²) in [5, 5.41) is 2.14. The van der Waals surface area contributed by atoms with Crippen LogP contribution in [0.4, 0.5) is 0 Å². The average molecular weight is 219 g/mol. The summed E-state index contributed by atoms with van der Waals surface area (Å²) < 4.78 is 4.97. The van der Waals surface area contributed by atoms with Gasteiger partial charge < -0.3 is 4.74 Å². The molecule has 0 radical (unpaired) electrons. The monoisotopic (exact) mass is 219 g/mol. The van der Waals surface area contributed by atoms with Crippen molar-refractivity contribution < 1.29 is 19.1 Å². The molecule has 1 aliphatic heterocycles. The molecule has 0 unspecified atom stereocenters. The molecule has 1 heterocycles. The Morgan fingerprint density at radius 1 is 1.31 bits per heavy atom. The molecule has 5 heteroatoms. The summed E-state index contributed by atoms with van der Waals surface area (Å²) >= 11 is 0. The largest absolute Gasteiger partial charge is 0.426 e. The third-order valence-corrected chi connectivity index (χ3v) is 2.24. The number of hydrogen-bond acceptors (Lipinski definition) is 4. The zero-order chi connectivity index (χ0) is 11.7. The van der Waals surface area contributed by atoms with Gasteiger partial charge >= 0.3 is 5.97 Å². The lowest BCUT2D eigenvalue weighted by Crippen LogP contribution is -2.20. The van der Waals surface area contributed by atoms with E-state index in [0.29, 0.717) is 0 Å². The Balaban J connectivity index is 2.45. The van der Waals surface area contributed by atoms with E-state index in [9.17, 15) is 14.4 Å². The molecule has 2 amide bonds. The highest BCUT2D eigenvalue weighted by Gasteiger charge is 2.30. The van der Waals surface area contributed by atoms with Gasteiger partial charge in [0, 0.05) is 6.42 Å². The van der Waals surface area contributed by atoms with Crippen molar-refractivity contribution >= 4 is 17.8 Å². The normalized spacial score (nSPS) is 13.3. The Bertz CT molecular complexity index is 493. The predicted octanol–water partition coefficient (Wildman–Crippen LogP) is 0.886. The molecule has 2 rings (SSSR count). The molecular formula is C11H9NO4. The number of carbonyl (C=O) groups is 3. The minimum absolute atomic E-state index is 0.132. The molecule has 1 aromatic rings. The first kappa shape index (κ1) is 10.4. The molecule has 0 bridgehead atoms. The summed E-state index contributed by atoms with van der Waals surface area (Å²) in [4.78, 5) is 33.9. The van der Waals surface area contributed by atoms with E-state index in [1.807, 2.05) is 0 Å². The molecule has 0 spiro atoms. The predicted molar refractivity (Wildman–Crippen MR) is 54.2 cm³/mol. The van der Waals surface area contributed by atoms with Crippen LogP contribution in [-0.4, -0.2) is 17.8 Å². The van der Waals surface area contributed by atoms with Crippen LogP contribution in [0.3, 0.4) is 0 Å². The van der Waals surface area contributed by atoms with Crippen LogP contribution in [0.5, 0.6) is 5.75 Å². The van der Waals surface area contributed by atoms with Crippen LogP contribution in [-0.2, 0) is 4.79 Å². The summed E-state index contributed by atoms with van der Waals surface area (Å²) in [5.74, 6) is -1.30. The minimum atomic E-state index is -0.528. The maximum atomic E-state index is 11.4. The number of esters is 1. The zero-order valence-electron chi connectivity index (χ0n) is 8.57. The van der Waals surface area contributed by atoms with E-state index in [1.54, 1.807) is 13.0 Å². The highest BCUT2D eigenvalue weighted by molar-refractivity contribution is 6.22. The molecule has 0 atom stereocenters. The van der Waals surface area contributed by atoms with Gasteiger partial charge in [-0.1, -0.05) is 13.0 Å². The molecule has 16 heavy (non-hydrogen) atoms.